The van der Waals surface area contributed by atoms with Gasteiger partial charge < -0.3 is 9.88 Å². The third-order valence-electron chi connectivity index (χ3n) is 3.66. The zero-order valence-electron chi connectivity index (χ0n) is 12.6. The molecule has 0 aliphatic heterocycles. The van der Waals surface area contributed by atoms with Gasteiger partial charge in [0, 0.05) is 12.6 Å². The van der Waals surface area contributed by atoms with Crippen LogP contribution in [0, 0.1) is 0 Å². The first-order valence-corrected chi connectivity index (χ1v) is 7.54. The highest BCUT2D eigenvalue weighted by molar-refractivity contribution is 5.74. The Morgan fingerprint density at radius 1 is 1.35 bits per heavy atom. The molecule has 0 saturated heterocycles. The maximum Gasteiger partial charge on any atom is 0.0958 e. The van der Waals surface area contributed by atoms with Gasteiger partial charge in [-0.1, -0.05) is 38.1 Å². The summed E-state index contributed by atoms with van der Waals surface area (Å²) in [7, 11) is 0. The van der Waals surface area contributed by atoms with Crippen molar-refractivity contribution >= 4 is 11.0 Å². The Kier molecular flexibility index (Phi) is 5.36. The lowest BCUT2D eigenvalue weighted by Crippen LogP contribution is -2.34. The molecule has 3 heteroatoms. The Labute approximate surface area is 121 Å². The lowest BCUT2D eigenvalue weighted by atomic mass is 10.1. The molecule has 0 aliphatic rings. The molecule has 1 atom stereocenters. The van der Waals surface area contributed by atoms with Crippen LogP contribution in [0.2, 0.25) is 0 Å². The fraction of sp³-hybridized carbons (Fsp3) is 0.471. The second-order valence-electron chi connectivity index (χ2n) is 5.34. The first-order valence-electron chi connectivity index (χ1n) is 7.54. The summed E-state index contributed by atoms with van der Waals surface area (Å²) in [6.07, 6.45) is 5.18. The molecule has 3 nitrogen and oxygen atoms in total. The fourth-order valence-corrected chi connectivity index (χ4v) is 2.44. The Balaban J connectivity index is 2.11. The normalized spacial score (nSPS) is 12.7. The van der Waals surface area contributed by atoms with E-state index >= 15 is 0 Å². The van der Waals surface area contributed by atoms with Crippen LogP contribution in [0.5, 0.6) is 0 Å². The van der Waals surface area contributed by atoms with Crippen molar-refractivity contribution in [3.8, 4) is 0 Å². The Bertz CT molecular complexity index is 556. The van der Waals surface area contributed by atoms with E-state index in [4.69, 9.17) is 0 Å². The minimum atomic E-state index is 0.431. The highest BCUT2D eigenvalue weighted by Gasteiger charge is 2.11. The number of para-hydroxylation sites is 2. The van der Waals surface area contributed by atoms with E-state index in [0.717, 1.165) is 37.9 Å². The van der Waals surface area contributed by atoms with E-state index in [1.807, 2.05) is 12.4 Å². The molecule has 0 fully saturated rings. The van der Waals surface area contributed by atoms with Crippen LogP contribution in [0.15, 0.2) is 42.7 Å². The second-order valence-corrected chi connectivity index (χ2v) is 5.34. The van der Waals surface area contributed by atoms with Crippen molar-refractivity contribution in [3.63, 3.8) is 0 Å². The number of aromatic nitrogens is 2. The van der Waals surface area contributed by atoms with Crippen LogP contribution >= 0.6 is 0 Å². The molecule has 0 spiro atoms. The van der Waals surface area contributed by atoms with Gasteiger partial charge in [-0.05, 0) is 37.9 Å². The lowest BCUT2D eigenvalue weighted by Gasteiger charge is -2.20. The SMILES string of the molecule is C=C(CC)CC(Cn1cnc2ccccc21)NCCC. The lowest BCUT2D eigenvalue weighted by molar-refractivity contribution is 0.446. The zero-order chi connectivity index (χ0) is 14.4. The van der Waals surface area contributed by atoms with Crippen LogP contribution < -0.4 is 5.32 Å². The van der Waals surface area contributed by atoms with Crippen LogP contribution in [0.4, 0.5) is 0 Å². The summed E-state index contributed by atoms with van der Waals surface area (Å²) in [6.45, 7) is 10.5. The second kappa shape index (κ2) is 7.25. The van der Waals surface area contributed by atoms with Gasteiger partial charge in [-0.15, -0.1) is 0 Å². The van der Waals surface area contributed by atoms with Crippen molar-refractivity contribution in [1.82, 2.24) is 14.9 Å². The molecule has 1 heterocycles. The summed E-state index contributed by atoms with van der Waals surface area (Å²) in [6, 6.07) is 8.73. The molecular weight excluding hydrogens is 246 g/mol. The maximum atomic E-state index is 4.46. The van der Waals surface area contributed by atoms with Crippen molar-refractivity contribution in [2.24, 2.45) is 0 Å². The van der Waals surface area contributed by atoms with E-state index in [-0.39, 0.29) is 0 Å². The third-order valence-corrected chi connectivity index (χ3v) is 3.66. The number of benzene rings is 1. The van der Waals surface area contributed by atoms with E-state index in [2.05, 4.69) is 53.5 Å². The average Bonchev–Trinajstić information content (AvgIpc) is 2.88. The molecule has 0 saturated carbocycles. The minimum Gasteiger partial charge on any atom is -0.329 e. The Morgan fingerprint density at radius 2 is 2.15 bits per heavy atom. The van der Waals surface area contributed by atoms with Gasteiger partial charge in [-0.25, -0.2) is 4.98 Å². The van der Waals surface area contributed by atoms with E-state index < -0.39 is 0 Å². The third kappa shape index (κ3) is 3.70. The molecule has 2 aromatic rings. The van der Waals surface area contributed by atoms with Crippen LogP contribution in [0.3, 0.4) is 0 Å². The summed E-state index contributed by atoms with van der Waals surface area (Å²) in [5, 5.41) is 3.63. The van der Waals surface area contributed by atoms with E-state index in [9.17, 15) is 0 Å². The number of imidazole rings is 1. The number of hydrogen-bond donors (Lipinski definition) is 1. The van der Waals surface area contributed by atoms with Crippen LogP contribution in [-0.4, -0.2) is 22.1 Å². The van der Waals surface area contributed by atoms with Gasteiger partial charge in [-0.2, -0.15) is 0 Å². The monoisotopic (exact) mass is 271 g/mol. The first-order chi connectivity index (χ1) is 9.74. The van der Waals surface area contributed by atoms with E-state index in [0.29, 0.717) is 6.04 Å². The summed E-state index contributed by atoms with van der Waals surface area (Å²) in [5.74, 6) is 0. The van der Waals surface area contributed by atoms with Crippen LogP contribution in [0.1, 0.15) is 33.1 Å². The predicted octanol–water partition coefficient (Wildman–Crippen LogP) is 3.76. The van der Waals surface area contributed by atoms with Gasteiger partial charge in [0.05, 0.1) is 17.4 Å². The number of nitrogens with one attached hydrogen (secondary N) is 1. The molecule has 1 aromatic heterocycles. The molecule has 1 N–H and O–H groups in total. The van der Waals surface area contributed by atoms with Crippen molar-refractivity contribution in [1.29, 1.82) is 0 Å². The number of rotatable bonds is 8. The summed E-state index contributed by atoms with van der Waals surface area (Å²) >= 11 is 0. The van der Waals surface area contributed by atoms with Crippen LogP contribution in [-0.2, 0) is 6.54 Å². The van der Waals surface area contributed by atoms with Gasteiger partial charge in [0.15, 0.2) is 0 Å². The first kappa shape index (κ1) is 14.8. The summed E-state index contributed by atoms with van der Waals surface area (Å²) in [5.41, 5.74) is 3.58. The zero-order valence-corrected chi connectivity index (χ0v) is 12.6. The number of nitrogens with zero attached hydrogens (tertiary/aromatic N) is 2. The average molecular weight is 271 g/mol. The molecule has 0 amide bonds. The topological polar surface area (TPSA) is 29.9 Å². The Hall–Kier alpha value is -1.61. The van der Waals surface area contributed by atoms with Crippen LogP contribution in [0.25, 0.3) is 11.0 Å². The van der Waals surface area contributed by atoms with E-state index in [1.165, 1.54) is 11.1 Å². The minimum absolute atomic E-state index is 0.431. The molecular formula is C17H25N3. The van der Waals surface area contributed by atoms with E-state index in [1.54, 1.807) is 0 Å². The quantitative estimate of drug-likeness (QED) is 0.741. The fourth-order valence-electron chi connectivity index (χ4n) is 2.44. The largest absolute Gasteiger partial charge is 0.329 e. The van der Waals surface area contributed by atoms with Gasteiger partial charge in [-0.3, -0.25) is 0 Å². The molecule has 1 aromatic carbocycles. The molecule has 0 aliphatic carbocycles. The summed E-state index contributed by atoms with van der Waals surface area (Å²) < 4.78 is 2.24. The molecule has 0 radical (unpaired) electrons. The van der Waals surface area contributed by atoms with Crippen molar-refractivity contribution < 1.29 is 0 Å². The Morgan fingerprint density at radius 3 is 2.90 bits per heavy atom. The number of hydrogen-bond acceptors (Lipinski definition) is 2. The maximum absolute atomic E-state index is 4.46. The standard InChI is InChI=1S/C17H25N3/c1-4-10-18-15(11-14(3)5-2)12-20-13-19-16-8-6-7-9-17(16)20/h6-9,13,15,18H,3-5,10-12H2,1-2H3. The number of fused-ring (bicyclic) bond motifs is 1. The van der Waals surface area contributed by atoms with Gasteiger partial charge in [0.25, 0.3) is 0 Å². The smallest absolute Gasteiger partial charge is 0.0958 e. The van der Waals surface area contributed by atoms with Gasteiger partial charge >= 0.3 is 0 Å². The van der Waals surface area contributed by atoms with Crippen molar-refractivity contribution in [2.45, 2.75) is 45.7 Å². The summed E-state index contributed by atoms with van der Waals surface area (Å²) in [4.78, 5) is 4.46. The molecule has 1 unspecified atom stereocenters. The highest BCUT2D eigenvalue weighted by atomic mass is 15.1. The molecule has 108 valence electrons. The van der Waals surface area contributed by atoms with Gasteiger partial charge in [0.2, 0.25) is 0 Å². The van der Waals surface area contributed by atoms with Gasteiger partial charge in [0.1, 0.15) is 0 Å². The molecule has 20 heavy (non-hydrogen) atoms. The molecule has 0 bridgehead atoms. The highest BCUT2D eigenvalue weighted by Crippen LogP contribution is 2.15. The molecule has 2 rings (SSSR count). The van der Waals surface area contributed by atoms with Crippen molar-refractivity contribution in [3.05, 3.63) is 42.7 Å². The predicted molar refractivity (Wildman–Crippen MR) is 85.9 cm³/mol. The van der Waals surface area contributed by atoms with Crippen molar-refractivity contribution in [2.75, 3.05) is 6.54 Å².